The van der Waals surface area contributed by atoms with Gasteiger partial charge in [0.15, 0.2) is 0 Å². The molecule has 0 bridgehead atoms. The minimum atomic E-state index is -4.76. The molecule has 0 saturated carbocycles. The van der Waals surface area contributed by atoms with Gasteiger partial charge in [0.05, 0.1) is 17.6 Å². The van der Waals surface area contributed by atoms with E-state index in [0.717, 1.165) is 0 Å². The average molecular weight is 386 g/mol. The number of halogens is 4. The highest BCUT2D eigenvalue weighted by atomic mass is 35.5. The van der Waals surface area contributed by atoms with Crippen LogP contribution in [0.15, 0.2) is 24.3 Å². The molecule has 2 atom stereocenters. The van der Waals surface area contributed by atoms with Crippen LogP contribution >= 0.6 is 11.6 Å². The molecule has 0 radical (unpaired) electrons. The lowest BCUT2D eigenvalue weighted by atomic mass is 9.96. The number of alkyl halides is 3. The quantitative estimate of drug-likeness (QED) is 0.844. The first-order chi connectivity index (χ1) is 11.0. The van der Waals surface area contributed by atoms with Crippen molar-refractivity contribution >= 4 is 27.6 Å². The number of carbonyl (C=O) groups is 1. The summed E-state index contributed by atoms with van der Waals surface area (Å²) in [6, 6.07) is 6.48. The standard InChI is InChI=1S/C14H15ClF3NO4S/c15-10-3-1-2-9(6-10)4-5-24(22,23)19-7-11(13(20)21)12(8-19)14(16,17)18/h1-3,6,11-12H,4-5,7-8H2,(H,20,21)/t11-,12-/m1/s1. The molecule has 1 N–H and O–H groups in total. The molecule has 2 rings (SSSR count). The van der Waals surface area contributed by atoms with Crippen LogP contribution in [0.5, 0.6) is 0 Å². The Hall–Kier alpha value is -1.32. The minimum absolute atomic E-state index is 0.0772. The summed E-state index contributed by atoms with van der Waals surface area (Å²) in [4.78, 5) is 11.0. The lowest BCUT2D eigenvalue weighted by molar-refractivity contribution is -0.187. The molecule has 1 aliphatic rings. The van der Waals surface area contributed by atoms with Crippen molar-refractivity contribution in [2.45, 2.75) is 12.6 Å². The fourth-order valence-corrected chi connectivity index (χ4v) is 4.39. The number of sulfonamides is 1. The third-order valence-electron chi connectivity index (χ3n) is 3.96. The molecule has 0 unspecified atom stereocenters. The predicted octanol–water partition coefficient (Wildman–Crippen LogP) is 2.41. The third-order valence-corrected chi connectivity index (χ3v) is 6.00. The van der Waals surface area contributed by atoms with Crippen molar-refractivity contribution in [1.29, 1.82) is 0 Å². The van der Waals surface area contributed by atoms with Crippen molar-refractivity contribution in [1.82, 2.24) is 4.31 Å². The van der Waals surface area contributed by atoms with Crippen molar-refractivity contribution in [2.75, 3.05) is 18.8 Å². The molecule has 10 heteroatoms. The van der Waals surface area contributed by atoms with Gasteiger partial charge in [0, 0.05) is 18.1 Å². The number of benzene rings is 1. The van der Waals surface area contributed by atoms with Gasteiger partial charge in [0.1, 0.15) is 0 Å². The van der Waals surface area contributed by atoms with Crippen molar-refractivity contribution in [3.8, 4) is 0 Å². The van der Waals surface area contributed by atoms with Crippen molar-refractivity contribution in [2.24, 2.45) is 11.8 Å². The van der Waals surface area contributed by atoms with Crippen LogP contribution in [0.25, 0.3) is 0 Å². The number of hydrogen-bond donors (Lipinski definition) is 1. The Morgan fingerprint density at radius 2 is 2.00 bits per heavy atom. The van der Waals surface area contributed by atoms with Gasteiger partial charge in [-0.2, -0.15) is 13.2 Å². The highest BCUT2D eigenvalue weighted by Gasteiger charge is 2.54. The molecule has 1 aromatic rings. The van der Waals surface area contributed by atoms with Gasteiger partial charge in [-0.25, -0.2) is 12.7 Å². The maximum absolute atomic E-state index is 12.9. The van der Waals surface area contributed by atoms with Crippen LogP contribution < -0.4 is 0 Å². The Labute approximate surface area is 142 Å². The van der Waals surface area contributed by atoms with Crippen molar-refractivity contribution < 1.29 is 31.5 Å². The largest absolute Gasteiger partial charge is 0.481 e. The Morgan fingerprint density at radius 1 is 1.33 bits per heavy atom. The number of rotatable bonds is 5. The SMILES string of the molecule is O=C(O)[C@@H]1CN(S(=O)(=O)CCc2cccc(Cl)c2)C[C@H]1C(F)(F)F. The van der Waals surface area contributed by atoms with E-state index in [1.54, 1.807) is 24.3 Å². The molecule has 134 valence electrons. The summed E-state index contributed by atoms with van der Waals surface area (Å²) in [6.07, 6.45) is -4.69. The summed E-state index contributed by atoms with van der Waals surface area (Å²) in [5, 5.41) is 9.36. The van der Waals surface area contributed by atoms with E-state index in [2.05, 4.69) is 0 Å². The second-order valence-electron chi connectivity index (χ2n) is 5.61. The molecule has 0 aromatic heterocycles. The summed E-state index contributed by atoms with van der Waals surface area (Å²) in [6.45, 7) is -1.53. The number of aliphatic carboxylic acids is 1. The Bertz CT molecular complexity index is 723. The van der Waals surface area contributed by atoms with Gasteiger partial charge in [0.2, 0.25) is 10.0 Å². The van der Waals surface area contributed by atoms with E-state index in [1.165, 1.54) is 0 Å². The van der Waals surface area contributed by atoms with E-state index in [0.29, 0.717) is 14.9 Å². The summed E-state index contributed by atoms with van der Waals surface area (Å²) < 4.78 is 63.9. The van der Waals surface area contributed by atoms with Crippen LogP contribution in [0.1, 0.15) is 5.56 Å². The molecule has 24 heavy (non-hydrogen) atoms. The fourth-order valence-electron chi connectivity index (χ4n) is 2.65. The molecule has 1 saturated heterocycles. The van der Waals surface area contributed by atoms with E-state index in [9.17, 15) is 26.4 Å². The van der Waals surface area contributed by atoms with Gasteiger partial charge in [-0.05, 0) is 24.1 Å². The highest BCUT2D eigenvalue weighted by Crippen LogP contribution is 2.38. The average Bonchev–Trinajstić information content (AvgIpc) is 2.92. The Morgan fingerprint density at radius 3 is 2.50 bits per heavy atom. The van der Waals surface area contributed by atoms with Gasteiger partial charge < -0.3 is 5.11 Å². The first-order valence-electron chi connectivity index (χ1n) is 7.02. The number of nitrogens with zero attached hydrogens (tertiary/aromatic N) is 1. The molecular weight excluding hydrogens is 371 g/mol. The Kier molecular flexibility index (Phi) is 5.46. The smallest absolute Gasteiger partial charge is 0.393 e. The van der Waals surface area contributed by atoms with Gasteiger partial charge >= 0.3 is 12.1 Å². The van der Waals surface area contributed by atoms with E-state index >= 15 is 0 Å². The number of aryl methyl sites for hydroxylation is 1. The third kappa shape index (κ3) is 4.40. The van der Waals surface area contributed by atoms with Crippen LogP contribution in [0.3, 0.4) is 0 Å². The monoisotopic (exact) mass is 385 g/mol. The molecule has 1 aliphatic heterocycles. The topological polar surface area (TPSA) is 74.7 Å². The predicted molar refractivity (Wildman–Crippen MR) is 81.2 cm³/mol. The molecule has 1 aromatic carbocycles. The summed E-state index contributed by atoms with van der Waals surface area (Å²) in [5.74, 6) is -6.05. The van der Waals surface area contributed by atoms with E-state index in [-0.39, 0.29) is 6.42 Å². The minimum Gasteiger partial charge on any atom is -0.481 e. The number of carboxylic acids is 1. The number of hydrogen-bond acceptors (Lipinski definition) is 3. The van der Waals surface area contributed by atoms with E-state index in [4.69, 9.17) is 16.7 Å². The molecule has 5 nitrogen and oxygen atoms in total. The summed E-state index contributed by atoms with van der Waals surface area (Å²) >= 11 is 5.80. The van der Waals surface area contributed by atoms with Crippen LogP contribution in [-0.2, 0) is 21.2 Å². The zero-order chi connectivity index (χ0) is 18.1. The Balaban J connectivity index is 2.11. The van der Waals surface area contributed by atoms with Gasteiger partial charge in [-0.3, -0.25) is 4.79 Å². The lowest BCUT2D eigenvalue weighted by Crippen LogP contribution is -2.34. The maximum Gasteiger partial charge on any atom is 0.393 e. The second-order valence-corrected chi connectivity index (χ2v) is 8.13. The van der Waals surface area contributed by atoms with Gasteiger partial charge in [-0.15, -0.1) is 0 Å². The van der Waals surface area contributed by atoms with Gasteiger partial charge in [-0.1, -0.05) is 23.7 Å². The molecule has 0 aliphatic carbocycles. The second kappa shape index (κ2) is 6.89. The fraction of sp³-hybridized carbons (Fsp3) is 0.500. The zero-order valence-electron chi connectivity index (χ0n) is 12.3. The van der Waals surface area contributed by atoms with Crippen LogP contribution in [0.4, 0.5) is 13.2 Å². The van der Waals surface area contributed by atoms with Gasteiger partial charge in [0.25, 0.3) is 0 Å². The first-order valence-corrected chi connectivity index (χ1v) is 9.01. The summed E-state index contributed by atoms with van der Waals surface area (Å²) in [5.41, 5.74) is 0.632. The molecule has 1 fully saturated rings. The van der Waals surface area contributed by atoms with Crippen LogP contribution in [0.2, 0.25) is 5.02 Å². The zero-order valence-corrected chi connectivity index (χ0v) is 13.9. The molecule has 1 heterocycles. The van der Waals surface area contributed by atoms with Crippen molar-refractivity contribution in [3.05, 3.63) is 34.9 Å². The molecule has 0 amide bonds. The van der Waals surface area contributed by atoms with Crippen LogP contribution in [0, 0.1) is 11.8 Å². The van der Waals surface area contributed by atoms with E-state index < -0.39 is 52.8 Å². The van der Waals surface area contributed by atoms with Crippen LogP contribution in [-0.4, -0.2) is 48.8 Å². The molecular formula is C14H15ClF3NO4S. The van der Waals surface area contributed by atoms with Crippen molar-refractivity contribution in [3.63, 3.8) is 0 Å². The first kappa shape index (κ1) is 19.0. The molecule has 0 spiro atoms. The normalized spacial score (nSPS) is 22.7. The lowest BCUT2D eigenvalue weighted by Gasteiger charge is -2.18. The number of carboxylic acid groups (broad SMARTS) is 1. The van der Waals surface area contributed by atoms with E-state index in [1.807, 2.05) is 0 Å². The highest BCUT2D eigenvalue weighted by molar-refractivity contribution is 7.89. The summed E-state index contributed by atoms with van der Waals surface area (Å²) in [7, 11) is -4.00. The maximum atomic E-state index is 12.9.